The zero-order valence-electron chi connectivity index (χ0n) is 11.9. The van der Waals surface area contributed by atoms with E-state index in [1.165, 1.54) is 19.3 Å². The van der Waals surface area contributed by atoms with Crippen molar-refractivity contribution in [3.63, 3.8) is 0 Å². The highest BCUT2D eigenvalue weighted by atomic mass is 16.6. The van der Waals surface area contributed by atoms with Crippen LogP contribution in [0.3, 0.4) is 0 Å². The fourth-order valence-electron chi connectivity index (χ4n) is 2.89. The van der Waals surface area contributed by atoms with Gasteiger partial charge >= 0.3 is 6.09 Å². The first-order valence-corrected chi connectivity index (χ1v) is 7.17. The number of hydrogen-bond acceptors (Lipinski definition) is 3. The van der Waals surface area contributed by atoms with Crippen molar-refractivity contribution in [1.29, 1.82) is 0 Å². The third kappa shape index (κ3) is 3.61. The topological polar surface area (TPSA) is 41.6 Å². The molecule has 2 aliphatic rings. The van der Waals surface area contributed by atoms with Crippen LogP contribution in [0.15, 0.2) is 0 Å². The second-order valence-electron chi connectivity index (χ2n) is 6.53. The smallest absolute Gasteiger partial charge is 0.410 e. The average molecular weight is 254 g/mol. The number of hydrogen-bond donors (Lipinski definition) is 1. The van der Waals surface area contributed by atoms with Crippen molar-refractivity contribution in [1.82, 2.24) is 10.2 Å². The zero-order valence-corrected chi connectivity index (χ0v) is 11.9. The monoisotopic (exact) mass is 254 g/mol. The van der Waals surface area contributed by atoms with Gasteiger partial charge in [-0.1, -0.05) is 6.42 Å². The molecule has 2 saturated heterocycles. The van der Waals surface area contributed by atoms with E-state index < -0.39 is 5.60 Å². The highest BCUT2D eigenvalue weighted by Crippen LogP contribution is 2.25. The second-order valence-corrected chi connectivity index (χ2v) is 6.53. The minimum Gasteiger partial charge on any atom is -0.444 e. The van der Waals surface area contributed by atoms with Gasteiger partial charge in [-0.3, -0.25) is 0 Å². The summed E-state index contributed by atoms with van der Waals surface area (Å²) in [6, 6.07) is 0.603. The molecule has 4 nitrogen and oxygen atoms in total. The van der Waals surface area contributed by atoms with Crippen molar-refractivity contribution in [2.24, 2.45) is 5.92 Å². The number of nitrogens with one attached hydrogen (secondary N) is 1. The molecule has 2 fully saturated rings. The maximum absolute atomic E-state index is 12.0. The summed E-state index contributed by atoms with van der Waals surface area (Å²) in [6.07, 6.45) is 4.82. The summed E-state index contributed by atoms with van der Waals surface area (Å²) in [7, 11) is 0. The van der Waals surface area contributed by atoms with Crippen LogP contribution in [-0.4, -0.2) is 42.3 Å². The fourth-order valence-corrected chi connectivity index (χ4v) is 2.89. The van der Waals surface area contributed by atoms with Crippen LogP contribution in [0, 0.1) is 5.92 Å². The van der Waals surface area contributed by atoms with Crippen LogP contribution in [-0.2, 0) is 4.74 Å². The highest BCUT2D eigenvalue weighted by molar-refractivity contribution is 5.68. The molecule has 0 saturated carbocycles. The summed E-state index contributed by atoms with van der Waals surface area (Å²) in [6.45, 7) is 8.58. The van der Waals surface area contributed by atoms with E-state index in [1.54, 1.807) is 0 Å². The van der Waals surface area contributed by atoms with Gasteiger partial charge in [-0.15, -0.1) is 0 Å². The number of carbonyl (C=O) groups excluding carboxylic acids is 1. The lowest BCUT2D eigenvalue weighted by Gasteiger charge is -2.29. The third-order valence-electron chi connectivity index (χ3n) is 3.79. The predicted octanol–water partition coefficient (Wildman–Crippen LogP) is 2.39. The quantitative estimate of drug-likeness (QED) is 0.781. The van der Waals surface area contributed by atoms with Gasteiger partial charge in [0.15, 0.2) is 0 Å². The van der Waals surface area contributed by atoms with E-state index in [1.807, 2.05) is 25.7 Å². The number of piperidine rings is 1. The maximum atomic E-state index is 12.0. The van der Waals surface area contributed by atoms with Gasteiger partial charge in [0.2, 0.25) is 0 Å². The minimum atomic E-state index is -0.391. The molecule has 0 aliphatic carbocycles. The van der Waals surface area contributed by atoms with Gasteiger partial charge in [-0.05, 0) is 52.5 Å². The summed E-state index contributed by atoms with van der Waals surface area (Å²) in [5.41, 5.74) is -0.391. The molecule has 18 heavy (non-hydrogen) atoms. The third-order valence-corrected chi connectivity index (χ3v) is 3.79. The molecule has 0 radical (unpaired) electrons. The molecular formula is C14H26N2O2. The van der Waals surface area contributed by atoms with Crippen molar-refractivity contribution >= 4 is 6.09 Å². The lowest BCUT2D eigenvalue weighted by atomic mass is 9.91. The number of likely N-dealkylation sites (tertiary alicyclic amines) is 1. The van der Waals surface area contributed by atoms with Gasteiger partial charge in [0.05, 0.1) is 0 Å². The molecule has 4 heteroatoms. The molecule has 0 spiro atoms. The fraction of sp³-hybridized carbons (Fsp3) is 0.929. The van der Waals surface area contributed by atoms with Gasteiger partial charge in [0, 0.05) is 19.1 Å². The van der Waals surface area contributed by atoms with E-state index in [9.17, 15) is 4.79 Å². The number of nitrogens with zero attached hydrogens (tertiary/aromatic N) is 1. The molecule has 104 valence electrons. The maximum Gasteiger partial charge on any atom is 0.410 e. The minimum absolute atomic E-state index is 0.152. The first-order valence-electron chi connectivity index (χ1n) is 7.17. The Bertz CT molecular complexity index is 293. The lowest BCUT2D eigenvalue weighted by Crippen LogP contribution is -2.42. The Balaban J connectivity index is 1.82. The molecule has 1 N–H and O–H groups in total. The van der Waals surface area contributed by atoms with E-state index in [4.69, 9.17) is 4.74 Å². The van der Waals surface area contributed by atoms with Crippen molar-refractivity contribution in [2.45, 2.75) is 58.1 Å². The van der Waals surface area contributed by atoms with Crippen LogP contribution in [0.1, 0.15) is 46.5 Å². The molecular weight excluding hydrogens is 228 g/mol. The molecule has 2 rings (SSSR count). The molecule has 1 amide bonds. The van der Waals surface area contributed by atoms with Crippen molar-refractivity contribution in [3.05, 3.63) is 0 Å². The number of rotatable bonds is 1. The van der Waals surface area contributed by atoms with Crippen molar-refractivity contribution in [3.8, 4) is 0 Å². The Morgan fingerprint density at radius 2 is 2.06 bits per heavy atom. The normalized spacial score (nSPS) is 29.4. The molecule has 2 aliphatic heterocycles. The van der Waals surface area contributed by atoms with Crippen molar-refractivity contribution < 1.29 is 9.53 Å². The first-order chi connectivity index (χ1) is 8.46. The van der Waals surface area contributed by atoms with Gasteiger partial charge in [0.25, 0.3) is 0 Å². The number of amides is 1. The molecule has 0 aromatic rings. The molecule has 0 aromatic carbocycles. The van der Waals surface area contributed by atoms with E-state index >= 15 is 0 Å². The van der Waals surface area contributed by atoms with Crippen LogP contribution < -0.4 is 5.32 Å². The first kappa shape index (κ1) is 13.7. The van der Waals surface area contributed by atoms with E-state index in [-0.39, 0.29) is 6.09 Å². The largest absolute Gasteiger partial charge is 0.444 e. The second kappa shape index (κ2) is 5.47. The summed E-state index contributed by atoms with van der Waals surface area (Å²) in [4.78, 5) is 13.8. The van der Waals surface area contributed by atoms with Gasteiger partial charge in [-0.2, -0.15) is 0 Å². The molecule has 2 atom stereocenters. The summed E-state index contributed by atoms with van der Waals surface area (Å²) in [5, 5.41) is 3.59. The van der Waals surface area contributed by atoms with E-state index in [2.05, 4.69) is 5.32 Å². The van der Waals surface area contributed by atoms with Crippen LogP contribution in [0.2, 0.25) is 0 Å². The lowest BCUT2D eigenvalue weighted by molar-refractivity contribution is 0.0284. The van der Waals surface area contributed by atoms with Crippen LogP contribution in [0.5, 0.6) is 0 Å². The zero-order chi connectivity index (χ0) is 13.2. The molecule has 0 bridgehead atoms. The van der Waals surface area contributed by atoms with Crippen LogP contribution >= 0.6 is 0 Å². The van der Waals surface area contributed by atoms with Gasteiger partial charge in [-0.25, -0.2) is 4.79 Å². The average Bonchev–Trinajstić information content (AvgIpc) is 2.77. The van der Waals surface area contributed by atoms with Gasteiger partial charge < -0.3 is 15.0 Å². The predicted molar refractivity (Wildman–Crippen MR) is 71.6 cm³/mol. The van der Waals surface area contributed by atoms with Gasteiger partial charge in [0.1, 0.15) is 5.60 Å². The number of ether oxygens (including phenoxy) is 1. The Labute approximate surface area is 110 Å². The Morgan fingerprint density at radius 1 is 1.28 bits per heavy atom. The molecule has 0 aromatic heterocycles. The summed E-state index contributed by atoms with van der Waals surface area (Å²) < 4.78 is 5.42. The number of carbonyl (C=O) groups is 1. The Morgan fingerprint density at radius 3 is 2.67 bits per heavy atom. The standard InChI is InChI=1S/C14H26N2O2/c1-14(2,3)18-13(17)16-9-7-11(10-16)12-6-4-5-8-15-12/h11-12,15H,4-10H2,1-3H3/t11-,12+/m1/s1. The van der Waals surface area contributed by atoms with Crippen LogP contribution in [0.25, 0.3) is 0 Å². The van der Waals surface area contributed by atoms with E-state index in [0.717, 1.165) is 26.1 Å². The van der Waals surface area contributed by atoms with E-state index in [0.29, 0.717) is 12.0 Å². The Kier molecular flexibility index (Phi) is 4.15. The van der Waals surface area contributed by atoms with Crippen molar-refractivity contribution in [2.75, 3.05) is 19.6 Å². The summed E-state index contributed by atoms with van der Waals surface area (Å²) in [5.74, 6) is 0.609. The summed E-state index contributed by atoms with van der Waals surface area (Å²) >= 11 is 0. The Hall–Kier alpha value is -0.770. The highest BCUT2D eigenvalue weighted by Gasteiger charge is 2.34. The SMILES string of the molecule is CC(C)(C)OC(=O)N1CC[C@@H]([C@@H]2CCCCN2)C1. The molecule has 2 heterocycles. The van der Waals surface area contributed by atoms with Crippen LogP contribution in [0.4, 0.5) is 4.79 Å². The molecule has 0 unspecified atom stereocenters.